The molecule has 0 aliphatic heterocycles. The molecule has 0 atom stereocenters. The Kier molecular flexibility index (Phi) is 3.66. The van der Waals surface area contributed by atoms with Crippen molar-refractivity contribution in [2.75, 3.05) is 0 Å². The number of nitrogens with one attached hydrogen (secondary N) is 1. The zero-order valence-corrected chi connectivity index (χ0v) is 12.2. The van der Waals surface area contributed by atoms with Crippen LogP contribution in [0, 0.1) is 6.92 Å². The van der Waals surface area contributed by atoms with E-state index in [0.717, 1.165) is 5.56 Å². The Morgan fingerprint density at radius 2 is 1.86 bits per heavy atom. The predicted octanol–water partition coefficient (Wildman–Crippen LogP) is 2.56. The number of halogens is 1. The summed E-state index contributed by atoms with van der Waals surface area (Å²) in [6, 6.07) is 8.47. The molecule has 3 N–H and O–H groups in total. The highest BCUT2D eigenvalue weighted by molar-refractivity contribution is 6.30. The van der Waals surface area contributed by atoms with Gasteiger partial charge in [0.25, 0.3) is 11.8 Å². The lowest BCUT2D eigenvalue weighted by molar-refractivity contribution is 0.0952. The first-order chi connectivity index (χ1) is 10.6. The van der Waals surface area contributed by atoms with E-state index in [2.05, 4.69) is 10.2 Å². The summed E-state index contributed by atoms with van der Waals surface area (Å²) in [5, 5.41) is 8.48. The highest BCUT2D eigenvalue weighted by Crippen LogP contribution is 2.27. The van der Waals surface area contributed by atoms with E-state index in [-0.39, 0.29) is 5.89 Å². The number of nitrogens with zero attached hydrogens (tertiary/aromatic N) is 2. The zero-order valence-electron chi connectivity index (χ0n) is 11.5. The number of aryl methyl sites for hydroxylation is 1. The monoisotopic (exact) mass is 318 g/mol. The van der Waals surface area contributed by atoms with Crippen molar-refractivity contribution in [3.8, 4) is 23.1 Å². The van der Waals surface area contributed by atoms with E-state index < -0.39 is 5.91 Å². The maximum Gasteiger partial charge on any atom is 0.283 e. The second-order valence-electron chi connectivity index (χ2n) is 4.47. The first-order valence-electron chi connectivity index (χ1n) is 6.29. The summed E-state index contributed by atoms with van der Waals surface area (Å²) >= 11 is 5.83. The predicted molar refractivity (Wildman–Crippen MR) is 78.8 cm³/mol. The number of rotatable bonds is 3. The quantitative estimate of drug-likeness (QED) is 0.436. The van der Waals surface area contributed by atoms with Gasteiger partial charge in [0.1, 0.15) is 5.76 Å². The van der Waals surface area contributed by atoms with Crippen molar-refractivity contribution in [2.24, 2.45) is 5.84 Å². The van der Waals surface area contributed by atoms with E-state index in [1.165, 1.54) is 6.07 Å². The van der Waals surface area contributed by atoms with Crippen molar-refractivity contribution >= 4 is 17.5 Å². The van der Waals surface area contributed by atoms with Crippen LogP contribution < -0.4 is 11.3 Å². The topological polar surface area (TPSA) is 107 Å². The summed E-state index contributed by atoms with van der Waals surface area (Å²) in [5.41, 5.74) is 3.08. The van der Waals surface area contributed by atoms with Crippen LogP contribution >= 0.6 is 11.6 Å². The van der Waals surface area contributed by atoms with E-state index in [4.69, 9.17) is 26.3 Å². The number of benzene rings is 1. The van der Waals surface area contributed by atoms with Crippen LogP contribution in [-0.2, 0) is 0 Å². The summed E-state index contributed by atoms with van der Waals surface area (Å²) in [6.07, 6.45) is 0. The minimum Gasteiger partial charge on any atom is -0.455 e. The largest absolute Gasteiger partial charge is 0.455 e. The minimum absolute atomic E-state index is 0.170. The number of amides is 1. The molecular weight excluding hydrogens is 308 g/mol. The van der Waals surface area contributed by atoms with Gasteiger partial charge in [-0.15, -0.1) is 10.2 Å². The van der Waals surface area contributed by atoms with Gasteiger partial charge in [-0.1, -0.05) is 11.6 Å². The molecular formula is C14H11ClN4O3. The van der Waals surface area contributed by atoms with Gasteiger partial charge in [-0.3, -0.25) is 10.2 Å². The van der Waals surface area contributed by atoms with Crippen LogP contribution in [0.3, 0.4) is 0 Å². The Morgan fingerprint density at radius 1 is 1.18 bits per heavy atom. The second-order valence-corrected chi connectivity index (χ2v) is 4.91. The van der Waals surface area contributed by atoms with Crippen LogP contribution in [0.2, 0.25) is 5.02 Å². The molecule has 0 unspecified atom stereocenters. The fourth-order valence-electron chi connectivity index (χ4n) is 1.92. The Balaban J connectivity index is 1.94. The van der Waals surface area contributed by atoms with Gasteiger partial charge >= 0.3 is 0 Å². The lowest BCUT2D eigenvalue weighted by Crippen LogP contribution is -2.30. The van der Waals surface area contributed by atoms with E-state index in [1.807, 2.05) is 5.43 Å². The van der Waals surface area contributed by atoms with Crippen molar-refractivity contribution in [3.05, 3.63) is 46.7 Å². The molecule has 3 rings (SSSR count). The minimum atomic E-state index is -0.454. The third-order valence-electron chi connectivity index (χ3n) is 3.02. The summed E-state index contributed by atoms with van der Waals surface area (Å²) in [7, 11) is 0. The number of hydrazine groups is 1. The lowest BCUT2D eigenvalue weighted by Gasteiger charge is -1.93. The molecule has 112 valence electrons. The number of hydrogen-bond acceptors (Lipinski definition) is 6. The molecule has 0 spiro atoms. The van der Waals surface area contributed by atoms with Crippen molar-refractivity contribution in [1.29, 1.82) is 0 Å². The Labute approximate surface area is 130 Å². The second kappa shape index (κ2) is 5.63. The fourth-order valence-corrected chi connectivity index (χ4v) is 2.05. The average molecular weight is 319 g/mol. The van der Waals surface area contributed by atoms with Gasteiger partial charge in [0.2, 0.25) is 5.89 Å². The van der Waals surface area contributed by atoms with Gasteiger partial charge in [0.15, 0.2) is 5.76 Å². The van der Waals surface area contributed by atoms with E-state index in [0.29, 0.717) is 28.0 Å². The number of aromatic nitrogens is 2. The molecule has 0 bridgehead atoms. The molecule has 2 heterocycles. The standard InChI is InChI=1S/C14H11ClN4O3/c1-7-10(12(20)17-16)6-11(21-7)14-19-18-13(22-14)8-2-4-9(15)5-3-8/h2-6H,16H2,1H3,(H,17,20). The van der Waals surface area contributed by atoms with Crippen LogP contribution in [-0.4, -0.2) is 16.1 Å². The molecule has 0 aliphatic rings. The number of carbonyl (C=O) groups excluding carboxylic acids is 1. The van der Waals surface area contributed by atoms with Gasteiger partial charge < -0.3 is 8.83 Å². The number of nitrogens with two attached hydrogens (primary N) is 1. The maximum atomic E-state index is 11.6. The maximum absolute atomic E-state index is 11.6. The van der Waals surface area contributed by atoms with Gasteiger partial charge in [-0.2, -0.15) is 0 Å². The normalized spacial score (nSPS) is 10.7. The molecule has 0 radical (unpaired) electrons. The SMILES string of the molecule is Cc1oc(-c2nnc(-c3ccc(Cl)cc3)o2)cc1C(=O)NN. The molecule has 1 aromatic carbocycles. The van der Waals surface area contributed by atoms with Crippen molar-refractivity contribution in [2.45, 2.75) is 6.92 Å². The number of furan rings is 1. The van der Waals surface area contributed by atoms with Crippen LogP contribution in [0.1, 0.15) is 16.1 Å². The molecule has 0 saturated carbocycles. The highest BCUT2D eigenvalue weighted by atomic mass is 35.5. The molecule has 7 nitrogen and oxygen atoms in total. The summed E-state index contributed by atoms with van der Waals surface area (Å²) < 4.78 is 11.0. The number of nitrogen functional groups attached to an aromatic ring is 1. The molecule has 0 saturated heterocycles. The molecule has 22 heavy (non-hydrogen) atoms. The summed E-state index contributed by atoms with van der Waals surface area (Å²) in [6.45, 7) is 1.64. The van der Waals surface area contributed by atoms with Gasteiger partial charge in [-0.25, -0.2) is 5.84 Å². The van der Waals surface area contributed by atoms with Crippen molar-refractivity contribution in [3.63, 3.8) is 0 Å². The molecule has 2 aromatic heterocycles. The third-order valence-corrected chi connectivity index (χ3v) is 3.27. The zero-order chi connectivity index (χ0) is 15.7. The first kappa shape index (κ1) is 14.3. The average Bonchev–Trinajstić information content (AvgIpc) is 3.14. The summed E-state index contributed by atoms with van der Waals surface area (Å²) in [5.74, 6) is 5.85. The van der Waals surface area contributed by atoms with Crippen LogP contribution in [0.15, 0.2) is 39.2 Å². The van der Waals surface area contributed by atoms with Crippen molar-refractivity contribution < 1.29 is 13.6 Å². The summed E-state index contributed by atoms with van der Waals surface area (Å²) in [4.78, 5) is 11.6. The lowest BCUT2D eigenvalue weighted by atomic mass is 10.2. The molecule has 1 amide bonds. The fraction of sp³-hybridized carbons (Fsp3) is 0.0714. The number of carbonyl (C=O) groups is 1. The van der Waals surface area contributed by atoms with E-state index >= 15 is 0 Å². The smallest absolute Gasteiger partial charge is 0.283 e. The van der Waals surface area contributed by atoms with E-state index in [9.17, 15) is 4.79 Å². The Bertz CT molecular complexity index is 823. The molecule has 0 aliphatic carbocycles. The third kappa shape index (κ3) is 2.59. The molecule has 3 aromatic rings. The first-order valence-corrected chi connectivity index (χ1v) is 6.67. The van der Waals surface area contributed by atoms with Gasteiger partial charge in [0.05, 0.1) is 5.56 Å². The van der Waals surface area contributed by atoms with E-state index in [1.54, 1.807) is 31.2 Å². The van der Waals surface area contributed by atoms with Crippen LogP contribution in [0.5, 0.6) is 0 Å². The van der Waals surface area contributed by atoms with Crippen molar-refractivity contribution in [1.82, 2.24) is 15.6 Å². The van der Waals surface area contributed by atoms with Crippen LogP contribution in [0.25, 0.3) is 23.1 Å². The Morgan fingerprint density at radius 3 is 2.55 bits per heavy atom. The van der Waals surface area contributed by atoms with Gasteiger partial charge in [-0.05, 0) is 31.2 Å². The molecule has 0 fully saturated rings. The van der Waals surface area contributed by atoms with Gasteiger partial charge in [0, 0.05) is 16.7 Å². The van der Waals surface area contributed by atoms with Crippen LogP contribution in [0.4, 0.5) is 0 Å². The molecule has 8 heteroatoms. The highest BCUT2D eigenvalue weighted by Gasteiger charge is 2.19. The number of hydrogen-bond donors (Lipinski definition) is 2. The Hall–Kier alpha value is -2.64.